The topological polar surface area (TPSA) is 28.2 Å². The molecule has 25 heavy (non-hydrogen) atoms. The van der Waals surface area contributed by atoms with Crippen molar-refractivity contribution >= 4 is 16.7 Å². The maximum absolute atomic E-state index is 5.03. The molecule has 0 unspecified atom stereocenters. The molecule has 1 aromatic heterocycles. The lowest BCUT2D eigenvalue weighted by atomic mass is 10.1. The molecule has 2 aromatic carbocycles. The van der Waals surface area contributed by atoms with Crippen LogP contribution in [0.3, 0.4) is 0 Å². The number of fused-ring (bicyclic) bond motifs is 1. The van der Waals surface area contributed by atoms with E-state index in [1.54, 1.807) is 0 Å². The number of nitrogens with one attached hydrogen (secondary N) is 1. The Kier molecular flexibility index (Phi) is 4.66. The molecule has 0 radical (unpaired) electrons. The molecular formula is C22H25N3. The number of anilines is 1. The summed E-state index contributed by atoms with van der Waals surface area (Å²) < 4.78 is 0. The number of pyridine rings is 1. The van der Waals surface area contributed by atoms with Gasteiger partial charge >= 0.3 is 0 Å². The third-order valence-electron chi connectivity index (χ3n) is 4.84. The van der Waals surface area contributed by atoms with E-state index in [1.807, 2.05) is 0 Å². The van der Waals surface area contributed by atoms with E-state index in [0.717, 1.165) is 31.0 Å². The van der Waals surface area contributed by atoms with Gasteiger partial charge in [-0.2, -0.15) is 0 Å². The van der Waals surface area contributed by atoms with Crippen LogP contribution < -0.4 is 10.2 Å². The highest BCUT2D eigenvalue weighted by molar-refractivity contribution is 5.81. The zero-order chi connectivity index (χ0) is 17.1. The lowest BCUT2D eigenvalue weighted by Gasteiger charge is -2.25. The van der Waals surface area contributed by atoms with Gasteiger partial charge in [-0.25, -0.2) is 4.98 Å². The first-order valence-electron chi connectivity index (χ1n) is 9.24. The Hall–Kier alpha value is -2.39. The monoisotopic (exact) mass is 331 g/mol. The fourth-order valence-electron chi connectivity index (χ4n) is 3.24. The Bertz CT molecular complexity index is 840. The Morgan fingerprint density at radius 2 is 1.80 bits per heavy atom. The SMILES string of the molecule is CCN(Cc1ccccc1)c1nc2ccccc2cc1CNC1CC1. The second-order valence-corrected chi connectivity index (χ2v) is 6.82. The molecule has 1 fully saturated rings. The summed E-state index contributed by atoms with van der Waals surface area (Å²) in [5, 5.41) is 4.87. The van der Waals surface area contributed by atoms with Gasteiger partial charge < -0.3 is 10.2 Å². The average Bonchev–Trinajstić information content (AvgIpc) is 3.49. The van der Waals surface area contributed by atoms with Gasteiger partial charge in [-0.15, -0.1) is 0 Å². The molecule has 1 saturated carbocycles. The van der Waals surface area contributed by atoms with Crippen LogP contribution in [0.2, 0.25) is 0 Å². The molecule has 1 aliphatic rings. The van der Waals surface area contributed by atoms with Crippen molar-refractivity contribution in [3.8, 4) is 0 Å². The molecule has 0 bridgehead atoms. The van der Waals surface area contributed by atoms with Crippen molar-refractivity contribution in [1.29, 1.82) is 0 Å². The third kappa shape index (κ3) is 3.83. The highest BCUT2D eigenvalue weighted by Crippen LogP contribution is 2.27. The van der Waals surface area contributed by atoms with Gasteiger partial charge in [0.15, 0.2) is 0 Å². The van der Waals surface area contributed by atoms with Gasteiger partial charge in [0, 0.05) is 36.6 Å². The molecule has 4 rings (SSSR count). The lowest BCUT2D eigenvalue weighted by molar-refractivity contribution is 0.681. The molecule has 128 valence electrons. The van der Waals surface area contributed by atoms with Crippen LogP contribution >= 0.6 is 0 Å². The van der Waals surface area contributed by atoms with E-state index >= 15 is 0 Å². The maximum atomic E-state index is 5.03. The van der Waals surface area contributed by atoms with Crippen LogP contribution in [0, 0.1) is 0 Å². The molecule has 0 spiro atoms. The van der Waals surface area contributed by atoms with Gasteiger partial charge in [-0.1, -0.05) is 48.5 Å². The molecular weight excluding hydrogens is 306 g/mol. The van der Waals surface area contributed by atoms with Crippen molar-refractivity contribution in [3.63, 3.8) is 0 Å². The van der Waals surface area contributed by atoms with E-state index in [2.05, 4.69) is 77.8 Å². The van der Waals surface area contributed by atoms with E-state index in [1.165, 1.54) is 29.4 Å². The molecule has 1 heterocycles. The zero-order valence-electron chi connectivity index (χ0n) is 14.8. The van der Waals surface area contributed by atoms with Crippen LogP contribution in [0.15, 0.2) is 60.7 Å². The van der Waals surface area contributed by atoms with Crippen molar-refractivity contribution in [2.75, 3.05) is 11.4 Å². The fourth-order valence-corrected chi connectivity index (χ4v) is 3.24. The number of aromatic nitrogens is 1. The minimum atomic E-state index is 0.698. The third-order valence-corrected chi connectivity index (χ3v) is 4.84. The predicted molar refractivity (Wildman–Crippen MR) is 105 cm³/mol. The molecule has 0 aliphatic heterocycles. The maximum Gasteiger partial charge on any atom is 0.134 e. The Morgan fingerprint density at radius 1 is 1.04 bits per heavy atom. The van der Waals surface area contributed by atoms with Gasteiger partial charge in [-0.05, 0) is 37.5 Å². The first kappa shape index (κ1) is 16.1. The van der Waals surface area contributed by atoms with Crippen LogP contribution in [0.5, 0.6) is 0 Å². The molecule has 3 aromatic rings. The van der Waals surface area contributed by atoms with Crippen LogP contribution in [0.25, 0.3) is 10.9 Å². The van der Waals surface area contributed by atoms with Crippen LogP contribution in [0.4, 0.5) is 5.82 Å². The van der Waals surface area contributed by atoms with E-state index in [4.69, 9.17) is 4.98 Å². The second-order valence-electron chi connectivity index (χ2n) is 6.82. The Morgan fingerprint density at radius 3 is 2.56 bits per heavy atom. The van der Waals surface area contributed by atoms with Crippen molar-refractivity contribution in [1.82, 2.24) is 10.3 Å². The van der Waals surface area contributed by atoms with Crippen LogP contribution in [-0.2, 0) is 13.1 Å². The summed E-state index contributed by atoms with van der Waals surface area (Å²) in [7, 11) is 0. The lowest BCUT2D eigenvalue weighted by Crippen LogP contribution is -2.26. The largest absolute Gasteiger partial charge is 0.352 e. The number of hydrogen-bond acceptors (Lipinski definition) is 3. The number of nitrogens with zero attached hydrogens (tertiary/aromatic N) is 2. The molecule has 3 nitrogen and oxygen atoms in total. The normalized spacial score (nSPS) is 14.0. The molecule has 0 amide bonds. The Labute approximate surface area is 149 Å². The first-order chi connectivity index (χ1) is 12.3. The molecule has 0 atom stereocenters. The molecule has 1 N–H and O–H groups in total. The number of hydrogen-bond donors (Lipinski definition) is 1. The Balaban J connectivity index is 1.69. The summed E-state index contributed by atoms with van der Waals surface area (Å²) in [5.41, 5.74) is 3.68. The number of rotatable bonds is 7. The van der Waals surface area contributed by atoms with Crippen molar-refractivity contribution in [3.05, 3.63) is 71.8 Å². The summed E-state index contributed by atoms with van der Waals surface area (Å²) in [4.78, 5) is 7.41. The van der Waals surface area contributed by atoms with E-state index < -0.39 is 0 Å². The minimum absolute atomic E-state index is 0.698. The first-order valence-corrected chi connectivity index (χ1v) is 9.24. The summed E-state index contributed by atoms with van der Waals surface area (Å²) in [6, 6.07) is 22.1. The predicted octanol–water partition coefficient (Wildman–Crippen LogP) is 4.51. The molecule has 1 aliphatic carbocycles. The smallest absolute Gasteiger partial charge is 0.134 e. The highest BCUT2D eigenvalue weighted by atomic mass is 15.2. The van der Waals surface area contributed by atoms with Crippen LogP contribution in [-0.4, -0.2) is 17.6 Å². The van der Waals surface area contributed by atoms with E-state index in [0.29, 0.717) is 6.04 Å². The second kappa shape index (κ2) is 7.24. The van der Waals surface area contributed by atoms with Gasteiger partial charge in [0.05, 0.1) is 5.52 Å². The standard InChI is InChI=1S/C22H25N3/c1-2-25(16-17-8-4-3-5-9-17)22-19(15-23-20-12-13-20)14-18-10-6-7-11-21(18)24-22/h3-11,14,20,23H,2,12-13,15-16H2,1H3. The van der Waals surface area contributed by atoms with E-state index in [-0.39, 0.29) is 0 Å². The van der Waals surface area contributed by atoms with Crippen molar-refractivity contribution < 1.29 is 0 Å². The van der Waals surface area contributed by atoms with Gasteiger partial charge in [0.1, 0.15) is 5.82 Å². The summed E-state index contributed by atoms with van der Waals surface area (Å²) in [6.07, 6.45) is 2.61. The van der Waals surface area contributed by atoms with Gasteiger partial charge in [0.2, 0.25) is 0 Å². The quantitative estimate of drug-likeness (QED) is 0.690. The molecule has 3 heteroatoms. The molecule has 0 saturated heterocycles. The number of benzene rings is 2. The highest BCUT2D eigenvalue weighted by Gasteiger charge is 2.21. The van der Waals surface area contributed by atoms with Crippen molar-refractivity contribution in [2.24, 2.45) is 0 Å². The van der Waals surface area contributed by atoms with Gasteiger partial charge in [0.25, 0.3) is 0 Å². The number of para-hydroxylation sites is 1. The minimum Gasteiger partial charge on any atom is -0.352 e. The summed E-state index contributed by atoms with van der Waals surface area (Å²) >= 11 is 0. The van der Waals surface area contributed by atoms with Gasteiger partial charge in [-0.3, -0.25) is 0 Å². The van der Waals surface area contributed by atoms with Crippen molar-refractivity contribution in [2.45, 2.75) is 38.9 Å². The van der Waals surface area contributed by atoms with Crippen LogP contribution in [0.1, 0.15) is 30.9 Å². The van der Waals surface area contributed by atoms with E-state index in [9.17, 15) is 0 Å². The summed E-state index contributed by atoms with van der Waals surface area (Å²) in [5.74, 6) is 1.11. The zero-order valence-corrected chi connectivity index (χ0v) is 14.8. The fraction of sp³-hybridized carbons (Fsp3) is 0.318. The average molecular weight is 331 g/mol. The summed E-state index contributed by atoms with van der Waals surface area (Å²) in [6.45, 7) is 4.93.